The summed E-state index contributed by atoms with van der Waals surface area (Å²) in [5.74, 6) is -0.291. The van der Waals surface area contributed by atoms with E-state index < -0.39 is 6.04 Å². The van der Waals surface area contributed by atoms with Crippen molar-refractivity contribution in [2.75, 3.05) is 4.90 Å². The summed E-state index contributed by atoms with van der Waals surface area (Å²) in [6, 6.07) is 14.1. The highest BCUT2D eigenvalue weighted by molar-refractivity contribution is 7.22. The number of carbonyl (C=O) groups excluding carboxylic acids is 1. The Kier molecular flexibility index (Phi) is 4.03. The molecule has 0 aliphatic carbocycles. The number of para-hydroxylation sites is 1. The molecule has 1 aliphatic heterocycles. The van der Waals surface area contributed by atoms with Crippen LogP contribution in [0.25, 0.3) is 21.2 Å². The standard InChI is InChI=1S/C25H17N3O3S/c1-13-11-14(2)20-18(12-13)32-25(27-20)28-21(15-7-9-26-10-8-15)19-22(29)16-5-3-4-6-17(16)31-23(19)24(28)30/h3-12,21H,1-2H3. The third kappa shape index (κ3) is 2.64. The van der Waals surface area contributed by atoms with Gasteiger partial charge in [-0.3, -0.25) is 19.5 Å². The first-order valence-corrected chi connectivity index (χ1v) is 11.0. The third-order valence-electron chi connectivity index (χ3n) is 5.82. The van der Waals surface area contributed by atoms with Crippen LogP contribution in [0.1, 0.15) is 38.9 Å². The molecule has 156 valence electrons. The molecule has 1 atom stereocenters. The van der Waals surface area contributed by atoms with Gasteiger partial charge in [0.05, 0.1) is 27.2 Å². The van der Waals surface area contributed by atoms with Crippen molar-refractivity contribution >= 4 is 43.6 Å². The normalized spacial score (nSPS) is 15.6. The molecule has 6 nitrogen and oxygen atoms in total. The lowest BCUT2D eigenvalue weighted by Crippen LogP contribution is -2.29. The predicted octanol–water partition coefficient (Wildman–Crippen LogP) is 5.16. The molecule has 0 saturated heterocycles. The summed E-state index contributed by atoms with van der Waals surface area (Å²) in [7, 11) is 0. The average molecular weight is 439 g/mol. The third-order valence-corrected chi connectivity index (χ3v) is 6.83. The van der Waals surface area contributed by atoms with Crippen molar-refractivity contribution in [1.29, 1.82) is 0 Å². The highest BCUT2D eigenvalue weighted by atomic mass is 32.1. The van der Waals surface area contributed by atoms with Gasteiger partial charge in [0.1, 0.15) is 5.58 Å². The summed E-state index contributed by atoms with van der Waals surface area (Å²) in [5, 5.41) is 0.992. The molecule has 0 saturated carbocycles. The summed E-state index contributed by atoms with van der Waals surface area (Å²) < 4.78 is 6.99. The van der Waals surface area contributed by atoms with E-state index in [4.69, 9.17) is 9.40 Å². The predicted molar refractivity (Wildman–Crippen MR) is 124 cm³/mol. The molecule has 7 heteroatoms. The molecule has 6 rings (SSSR count). The highest BCUT2D eigenvalue weighted by Crippen LogP contribution is 2.43. The first kappa shape index (κ1) is 18.9. The molecule has 5 aromatic rings. The van der Waals surface area contributed by atoms with Crippen LogP contribution in [0.15, 0.2) is 70.1 Å². The molecule has 1 unspecified atom stereocenters. The highest BCUT2D eigenvalue weighted by Gasteiger charge is 2.45. The van der Waals surface area contributed by atoms with E-state index in [1.807, 2.05) is 26.0 Å². The molecule has 4 heterocycles. The monoisotopic (exact) mass is 439 g/mol. The second-order valence-electron chi connectivity index (χ2n) is 7.95. The van der Waals surface area contributed by atoms with Gasteiger partial charge in [-0.25, -0.2) is 4.98 Å². The van der Waals surface area contributed by atoms with Gasteiger partial charge >= 0.3 is 0 Å². The number of nitrogens with zero attached hydrogens (tertiary/aromatic N) is 3. The number of carbonyl (C=O) groups is 1. The second kappa shape index (κ2) is 6.83. The lowest BCUT2D eigenvalue weighted by Gasteiger charge is -2.22. The largest absolute Gasteiger partial charge is 0.450 e. The van der Waals surface area contributed by atoms with E-state index >= 15 is 0 Å². The van der Waals surface area contributed by atoms with Crippen molar-refractivity contribution in [1.82, 2.24) is 9.97 Å². The van der Waals surface area contributed by atoms with Crippen LogP contribution >= 0.6 is 11.3 Å². The van der Waals surface area contributed by atoms with Gasteiger partial charge in [-0.1, -0.05) is 29.5 Å². The van der Waals surface area contributed by atoms with Crippen LogP contribution < -0.4 is 10.3 Å². The van der Waals surface area contributed by atoms with E-state index in [0.29, 0.717) is 21.7 Å². The van der Waals surface area contributed by atoms with E-state index in [1.54, 1.807) is 41.6 Å². The van der Waals surface area contributed by atoms with Gasteiger partial charge in [-0.2, -0.15) is 0 Å². The number of thiazole rings is 1. The Bertz CT molecular complexity index is 1600. The fourth-order valence-corrected chi connectivity index (χ4v) is 5.61. The van der Waals surface area contributed by atoms with Crippen LogP contribution in [0, 0.1) is 13.8 Å². The Hall–Kier alpha value is -3.84. The number of aryl methyl sites for hydroxylation is 2. The molecule has 1 amide bonds. The zero-order valence-corrected chi connectivity index (χ0v) is 18.1. The maximum atomic E-state index is 13.6. The summed E-state index contributed by atoms with van der Waals surface area (Å²) in [6.07, 6.45) is 3.31. The van der Waals surface area contributed by atoms with E-state index in [1.165, 1.54) is 11.3 Å². The van der Waals surface area contributed by atoms with Crippen molar-refractivity contribution in [3.8, 4) is 0 Å². The Morgan fingerprint density at radius 1 is 1.03 bits per heavy atom. The fraction of sp³-hybridized carbons (Fsp3) is 0.120. The molecular formula is C25H17N3O3S. The molecule has 0 N–H and O–H groups in total. The van der Waals surface area contributed by atoms with E-state index in [2.05, 4.69) is 17.1 Å². The zero-order chi connectivity index (χ0) is 22.0. The topological polar surface area (TPSA) is 76.3 Å². The van der Waals surface area contributed by atoms with Crippen LogP contribution in [0.3, 0.4) is 0 Å². The molecule has 0 fully saturated rings. The second-order valence-corrected chi connectivity index (χ2v) is 8.96. The van der Waals surface area contributed by atoms with E-state index in [0.717, 1.165) is 26.9 Å². The molecule has 3 aromatic heterocycles. The number of rotatable bonds is 2. The quantitative estimate of drug-likeness (QED) is 0.380. The van der Waals surface area contributed by atoms with Crippen molar-refractivity contribution < 1.29 is 9.21 Å². The summed E-state index contributed by atoms with van der Waals surface area (Å²) in [6.45, 7) is 4.05. The minimum atomic E-state index is -0.636. The van der Waals surface area contributed by atoms with Crippen molar-refractivity contribution in [2.24, 2.45) is 0 Å². The SMILES string of the molecule is Cc1cc(C)c2nc(N3C(=O)c4oc5ccccc5c(=O)c4C3c3ccncc3)sc2c1. The van der Waals surface area contributed by atoms with Crippen molar-refractivity contribution in [2.45, 2.75) is 19.9 Å². The maximum absolute atomic E-state index is 13.6. The molecule has 2 aromatic carbocycles. The lowest BCUT2D eigenvalue weighted by molar-refractivity contribution is 0.0971. The van der Waals surface area contributed by atoms with Crippen molar-refractivity contribution in [3.63, 3.8) is 0 Å². The van der Waals surface area contributed by atoms with Crippen LogP contribution in [0.5, 0.6) is 0 Å². The Morgan fingerprint density at radius 3 is 2.62 bits per heavy atom. The minimum Gasteiger partial charge on any atom is -0.450 e. The van der Waals surface area contributed by atoms with Crippen LogP contribution in [-0.4, -0.2) is 15.9 Å². The van der Waals surface area contributed by atoms with Gasteiger partial charge in [0.2, 0.25) is 5.76 Å². The van der Waals surface area contributed by atoms with Crippen LogP contribution in [0.2, 0.25) is 0 Å². The number of amides is 1. The summed E-state index contributed by atoms with van der Waals surface area (Å²) in [4.78, 5) is 37.7. The van der Waals surface area contributed by atoms with Crippen molar-refractivity contribution in [3.05, 3.63) is 99.2 Å². The zero-order valence-electron chi connectivity index (χ0n) is 17.3. The average Bonchev–Trinajstić information content (AvgIpc) is 3.34. The van der Waals surface area contributed by atoms with Crippen LogP contribution in [0.4, 0.5) is 5.13 Å². The van der Waals surface area contributed by atoms with Gasteiger partial charge in [-0.15, -0.1) is 0 Å². The Morgan fingerprint density at radius 2 is 1.81 bits per heavy atom. The van der Waals surface area contributed by atoms with Crippen LogP contribution in [-0.2, 0) is 0 Å². The van der Waals surface area contributed by atoms with Gasteiger partial charge in [-0.05, 0) is 60.9 Å². The molecule has 0 radical (unpaired) electrons. The molecule has 0 spiro atoms. The number of fused-ring (bicyclic) bond motifs is 3. The number of hydrogen-bond acceptors (Lipinski definition) is 6. The fourth-order valence-electron chi connectivity index (χ4n) is 4.44. The number of anilines is 1. The molecule has 0 bridgehead atoms. The van der Waals surface area contributed by atoms with Gasteiger partial charge in [0.15, 0.2) is 10.6 Å². The molecular weight excluding hydrogens is 422 g/mol. The number of pyridine rings is 1. The number of benzene rings is 2. The summed E-state index contributed by atoms with van der Waals surface area (Å²) >= 11 is 1.44. The van der Waals surface area contributed by atoms with E-state index in [9.17, 15) is 9.59 Å². The van der Waals surface area contributed by atoms with E-state index in [-0.39, 0.29) is 17.1 Å². The van der Waals surface area contributed by atoms with Gasteiger partial charge in [0.25, 0.3) is 5.91 Å². The first-order valence-electron chi connectivity index (χ1n) is 10.2. The number of aromatic nitrogens is 2. The minimum absolute atomic E-state index is 0.0719. The van der Waals surface area contributed by atoms with Gasteiger partial charge in [0, 0.05) is 12.4 Å². The summed E-state index contributed by atoms with van der Waals surface area (Å²) in [5.41, 5.74) is 4.36. The first-order chi connectivity index (χ1) is 15.5. The van der Waals surface area contributed by atoms with Gasteiger partial charge < -0.3 is 4.42 Å². The molecule has 1 aliphatic rings. The lowest BCUT2D eigenvalue weighted by atomic mass is 10.00. The smallest absolute Gasteiger partial charge is 0.297 e. The maximum Gasteiger partial charge on any atom is 0.297 e. The number of hydrogen-bond donors (Lipinski definition) is 0. The molecule has 32 heavy (non-hydrogen) atoms. The Balaban J connectivity index is 1.65. The Labute approximate surface area is 186 Å².